The molecular formula is C28H54O9. The quantitative estimate of drug-likeness (QED) is 0.0896. The van der Waals surface area contributed by atoms with Gasteiger partial charge in [-0.1, -0.05) is 83.5 Å². The van der Waals surface area contributed by atoms with Crippen molar-refractivity contribution in [2.24, 2.45) is 0 Å². The van der Waals surface area contributed by atoms with Gasteiger partial charge in [-0.3, -0.25) is 4.79 Å². The van der Waals surface area contributed by atoms with Crippen LogP contribution in [-0.2, 0) is 19.0 Å². The average Bonchev–Trinajstić information content (AvgIpc) is 2.83. The first-order chi connectivity index (χ1) is 17.5. The van der Waals surface area contributed by atoms with Crippen molar-refractivity contribution in [3.05, 3.63) is 0 Å². The van der Waals surface area contributed by atoms with Gasteiger partial charge in [0.25, 0.3) is 0 Å². The van der Waals surface area contributed by atoms with Crippen LogP contribution in [0.3, 0.4) is 0 Å². The Morgan fingerprint density at radius 2 is 1.19 bits per heavy atom. The van der Waals surface area contributed by atoms with Crippen LogP contribution in [0.15, 0.2) is 0 Å². The fraction of sp³-hybridized carbons (Fsp3) is 0.964. The standard InChI is InChI=1S/C28H54O9/c1-27(2,3)37-23(30)19-17-15-13-11-9-7-5-4-6-8-10-12-14-16-18-20-35-28(34)26(33)25(32)24(31)22(21-29)36-28/h22,24-26,29,31-34H,4-21H2,1-3H3/t22-,24-,25+,26-,28-/m1/s1. The number of carbonyl (C=O) groups excluding carboxylic acids is 1. The molecule has 0 aromatic rings. The Morgan fingerprint density at radius 1 is 0.757 bits per heavy atom. The number of unbranched alkanes of at least 4 members (excludes halogenated alkanes) is 14. The number of rotatable bonds is 20. The Hall–Kier alpha value is -0.810. The summed E-state index contributed by atoms with van der Waals surface area (Å²) in [4.78, 5) is 11.7. The summed E-state index contributed by atoms with van der Waals surface area (Å²) in [6.07, 6.45) is 11.4. The van der Waals surface area contributed by atoms with E-state index < -0.39 is 37.0 Å². The van der Waals surface area contributed by atoms with Crippen LogP contribution in [0.4, 0.5) is 0 Å². The molecule has 1 aliphatic heterocycles. The van der Waals surface area contributed by atoms with Crippen LogP contribution in [0.1, 0.15) is 124 Å². The Balaban J connectivity index is 1.88. The molecule has 0 bridgehead atoms. The molecule has 0 aromatic carbocycles. The van der Waals surface area contributed by atoms with Crippen LogP contribution in [-0.4, -0.2) is 80.7 Å². The zero-order valence-electron chi connectivity index (χ0n) is 23.4. The summed E-state index contributed by atoms with van der Waals surface area (Å²) in [6.45, 7) is 5.22. The Labute approximate surface area is 223 Å². The van der Waals surface area contributed by atoms with E-state index >= 15 is 0 Å². The van der Waals surface area contributed by atoms with Gasteiger partial charge in [0, 0.05) is 6.42 Å². The van der Waals surface area contributed by atoms with Crippen LogP contribution < -0.4 is 0 Å². The lowest BCUT2D eigenvalue weighted by atomic mass is 9.98. The number of hydrogen-bond donors (Lipinski definition) is 5. The van der Waals surface area contributed by atoms with Gasteiger partial charge in [0.05, 0.1) is 13.2 Å². The molecule has 5 atom stereocenters. The molecule has 0 saturated carbocycles. The molecule has 0 unspecified atom stereocenters. The van der Waals surface area contributed by atoms with Crippen molar-refractivity contribution >= 4 is 5.97 Å². The zero-order chi connectivity index (χ0) is 27.7. The molecule has 0 aromatic heterocycles. The molecule has 9 nitrogen and oxygen atoms in total. The monoisotopic (exact) mass is 534 g/mol. The van der Waals surface area contributed by atoms with E-state index in [1.807, 2.05) is 20.8 Å². The summed E-state index contributed by atoms with van der Waals surface area (Å²) in [5, 5.41) is 49.0. The van der Waals surface area contributed by atoms with Crippen molar-refractivity contribution in [1.29, 1.82) is 0 Å². The molecule has 1 saturated heterocycles. The van der Waals surface area contributed by atoms with E-state index in [0.717, 1.165) is 32.1 Å². The van der Waals surface area contributed by atoms with Gasteiger partial charge >= 0.3 is 11.9 Å². The molecule has 5 N–H and O–H groups in total. The van der Waals surface area contributed by atoms with Crippen molar-refractivity contribution in [3.63, 3.8) is 0 Å². The highest BCUT2D eigenvalue weighted by Crippen LogP contribution is 2.29. The fourth-order valence-electron chi connectivity index (χ4n) is 4.52. The summed E-state index contributed by atoms with van der Waals surface area (Å²) in [7, 11) is 0. The number of hydrogen-bond acceptors (Lipinski definition) is 9. The Bertz CT molecular complexity index is 593. The molecule has 9 heteroatoms. The van der Waals surface area contributed by atoms with Crippen molar-refractivity contribution in [2.45, 2.75) is 159 Å². The first kappa shape index (κ1) is 34.2. The lowest BCUT2D eigenvalue weighted by molar-refractivity contribution is -0.448. The van der Waals surface area contributed by atoms with Gasteiger partial charge in [0.15, 0.2) is 6.10 Å². The van der Waals surface area contributed by atoms with Crippen LogP contribution in [0, 0.1) is 0 Å². The second-order valence-electron chi connectivity index (χ2n) is 11.4. The topological polar surface area (TPSA) is 146 Å². The second-order valence-corrected chi connectivity index (χ2v) is 11.4. The molecule has 220 valence electrons. The van der Waals surface area contributed by atoms with Gasteiger partial charge in [0.2, 0.25) is 0 Å². The first-order valence-corrected chi connectivity index (χ1v) is 14.4. The van der Waals surface area contributed by atoms with Gasteiger partial charge in [-0.15, -0.1) is 0 Å². The van der Waals surface area contributed by atoms with Gasteiger partial charge in [0.1, 0.15) is 23.9 Å². The molecule has 37 heavy (non-hydrogen) atoms. The SMILES string of the molecule is CC(C)(C)OC(=O)CCCCCCCCCCCCCCCCCO[C@@]1(O)O[C@H](CO)[C@@H](O)[C@H](O)[C@H]1O. The first-order valence-electron chi connectivity index (χ1n) is 14.4. The number of esters is 1. The van der Waals surface area contributed by atoms with E-state index in [1.54, 1.807) is 0 Å². The molecule has 1 heterocycles. The maximum Gasteiger partial charge on any atom is 0.311 e. The minimum absolute atomic E-state index is 0.0899. The minimum atomic E-state index is -2.44. The summed E-state index contributed by atoms with van der Waals surface area (Å²) in [5.41, 5.74) is -0.389. The van der Waals surface area contributed by atoms with Gasteiger partial charge in [-0.05, 0) is 33.6 Å². The number of carbonyl (C=O) groups is 1. The molecule has 0 spiro atoms. The maximum atomic E-state index is 11.7. The van der Waals surface area contributed by atoms with Crippen molar-refractivity contribution in [3.8, 4) is 0 Å². The van der Waals surface area contributed by atoms with Gasteiger partial charge in [-0.2, -0.15) is 0 Å². The van der Waals surface area contributed by atoms with Crippen LogP contribution in [0.25, 0.3) is 0 Å². The Kier molecular flexibility index (Phi) is 17.1. The predicted octanol–water partition coefficient (Wildman–Crippen LogP) is 3.71. The molecule has 0 radical (unpaired) electrons. The van der Waals surface area contributed by atoms with E-state index in [9.17, 15) is 30.3 Å². The van der Waals surface area contributed by atoms with Crippen LogP contribution in [0.2, 0.25) is 0 Å². The average molecular weight is 535 g/mol. The number of ether oxygens (including phenoxy) is 3. The molecule has 1 aliphatic rings. The van der Waals surface area contributed by atoms with Crippen LogP contribution >= 0.6 is 0 Å². The largest absolute Gasteiger partial charge is 0.460 e. The highest BCUT2D eigenvalue weighted by molar-refractivity contribution is 5.69. The highest BCUT2D eigenvalue weighted by atomic mass is 16.8. The van der Waals surface area contributed by atoms with E-state index in [2.05, 4.69) is 0 Å². The maximum absolute atomic E-state index is 11.7. The molecule has 0 amide bonds. The normalized spacial score (nSPS) is 26.4. The van der Waals surface area contributed by atoms with E-state index in [-0.39, 0.29) is 18.2 Å². The van der Waals surface area contributed by atoms with E-state index in [4.69, 9.17) is 14.2 Å². The molecule has 0 aliphatic carbocycles. The zero-order valence-corrected chi connectivity index (χ0v) is 23.4. The molecular weight excluding hydrogens is 480 g/mol. The van der Waals surface area contributed by atoms with E-state index in [1.165, 1.54) is 57.8 Å². The third-order valence-electron chi connectivity index (χ3n) is 6.68. The highest BCUT2D eigenvalue weighted by Gasteiger charge is 2.53. The molecule has 1 rings (SSSR count). The van der Waals surface area contributed by atoms with E-state index in [0.29, 0.717) is 12.8 Å². The van der Waals surface area contributed by atoms with Crippen LogP contribution in [0.5, 0.6) is 0 Å². The minimum Gasteiger partial charge on any atom is -0.460 e. The third-order valence-corrected chi connectivity index (χ3v) is 6.68. The third kappa shape index (κ3) is 14.8. The Morgan fingerprint density at radius 3 is 1.62 bits per heavy atom. The predicted molar refractivity (Wildman–Crippen MR) is 141 cm³/mol. The van der Waals surface area contributed by atoms with Gasteiger partial charge < -0.3 is 39.7 Å². The lowest BCUT2D eigenvalue weighted by Gasteiger charge is -2.44. The van der Waals surface area contributed by atoms with Crippen molar-refractivity contribution in [2.75, 3.05) is 13.2 Å². The summed E-state index contributed by atoms with van der Waals surface area (Å²) < 4.78 is 15.7. The van der Waals surface area contributed by atoms with Gasteiger partial charge in [-0.25, -0.2) is 0 Å². The summed E-state index contributed by atoms with van der Waals surface area (Å²) >= 11 is 0. The summed E-state index contributed by atoms with van der Waals surface area (Å²) in [6, 6.07) is 0. The second kappa shape index (κ2) is 18.5. The number of aliphatic hydroxyl groups excluding tert-OH is 4. The van der Waals surface area contributed by atoms with Crippen molar-refractivity contribution in [1.82, 2.24) is 0 Å². The number of aliphatic hydroxyl groups is 5. The van der Waals surface area contributed by atoms with Crippen molar-refractivity contribution < 1.29 is 44.5 Å². The molecule has 1 fully saturated rings. The fourth-order valence-corrected chi connectivity index (χ4v) is 4.52. The summed E-state index contributed by atoms with van der Waals surface area (Å²) in [5.74, 6) is -2.53. The smallest absolute Gasteiger partial charge is 0.311 e. The lowest BCUT2D eigenvalue weighted by Crippen LogP contribution is -2.66.